The van der Waals surface area contributed by atoms with Gasteiger partial charge in [-0.05, 0) is 47.0 Å². The second kappa shape index (κ2) is 6.78. The van der Waals surface area contributed by atoms with Gasteiger partial charge in [-0.15, -0.1) is 0 Å². The van der Waals surface area contributed by atoms with Crippen LogP contribution in [0, 0.1) is 10.1 Å². The highest BCUT2D eigenvalue weighted by molar-refractivity contribution is 6.30. The molecule has 0 aliphatic carbocycles. The Morgan fingerprint density at radius 3 is 2.35 bits per heavy atom. The summed E-state index contributed by atoms with van der Waals surface area (Å²) >= 11 is 6.21. The standard InChI is InChI=1S/C20H16ClN3O2/c21-15-8-11-18-17(12-15)19(13-4-2-1-3-5-13)23-20(22-18)14-6-9-16(10-7-14)24(25)26/h1-12,19-20,22-23H. The molecule has 6 heteroatoms. The highest BCUT2D eigenvalue weighted by Gasteiger charge is 2.28. The van der Waals surface area contributed by atoms with Gasteiger partial charge in [-0.3, -0.25) is 15.4 Å². The molecule has 0 saturated heterocycles. The molecule has 3 aromatic rings. The summed E-state index contributed by atoms with van der Waals surface area (Å²) in [5, 5.41) is 18.6. The second-order valence-corrected chi connectivity index (χ2v) is 6.60. The number of non-ortho nitro benzene ring substituents is 1. The van der Waals surface area contributed by atoms with E-state index in [4.69, 9.17) is 11.6 Å². The minimum Gasteiger partial charge on any atom is -0.366 e. The van der Waals surface area contributed by atoms with Crippen LogP contribution in [-0.4, -0.2) is 4.92 Å². The molecule has 5 nitrogen and oxygen atoms in total. The summed E-state index contributed by atoms with van der Waals surface area (Å²) in [6, 6.07) is 22.5. The van der Waals surface area contributed by atoms with Gasteiger partial charge in [0.1, 0.15) is 6.17 Å². The molecule has 2 unspecified atom stereocenters. The fourth-order valence-electron chi connectivity index (χ4n) is 3.25. The SMILES string of the molecule is O=[N+]([O-])c1ccc(C2Nc3ccc(Cl)cc3C(c3ccccc3)N2)cc1. The number of nitrogens with one attached hydrogen (secondary N) is 2. The molecule has 0 aromatic heterocycles. The van der Waals surface area contributed by atoms with Gasteiger partial charge in [0, 0.05) is 22.8 Å². The van der Waals surface area contributed by atoms with Gasteiger partial charge in [0.15, 0.2) is 0 Å². The minimum absolute atomic E-state index is 0.0358. The van der Waals surface area contributed by atoms with E-state index in [1.807, 2.05) is 36.4 Å². The first kappa shape index (κ1) is 16.6. The van der Waals surface area contributed by atoms with Crippen molar-refractivity contribution in [2.24, 2.45) is 0 Å². The van der Waals surface area contributed by atoms with Crippen LogP contribution in [0.5, 0.6) is 0 Å². The van der Waals surface area contributed by atoms with Gasteiger partial charge >= 0.3 is 0 Å². The molecule has 0 bridgehead atoms. The number of nitrogens with zero attached hydrogens (tertiary/aromatic N) is 1. The zero-order chi connectivity index (χ0) is 18.1. The van der Waals surface area contributed by atoms with Gasteiger partial charge in [-0.2, -0.15) is 0 Å². The number of benzene rings is 3. The lowest BCUT2D eigenvalue weighted by molar-refractivity contribution is -0.384. The van der Waals surface area contributed by atoms with E-state index in [1.54, 1.807) is 12.1 Å². The third-order valence-corrected chi connectivity index (χ3v) is 4.76. The van der Waals surface area contributed by atoms with Crippen LogP contribution in [0.1, 0.15) is 28.9 Å². The summed E-state index contributed by atoms with van der Waals surface area (Å²) < 4.78 is 0. The number of rotatable bonds is 3. The van der Waals surface area contributed by atoms with E-state index in [0.29, 0.717) is 5.02 Å². The van der Waals surface area contributed by atoms with Crippen LogP contribution in [-0.2, 0) is 0 Å². The molecule has 1 aliphatic rings. The van der Waals surface area contributed by atoms with E-state index in [-0.39, 0.29) is 17.9 Å². The zero-order valence-electron chi connectivity index (χ0n) is 13.7. The van der Waals surface area contributed by atoms with E-state index in [1.165, 1.54) is 12.1 Å². The highest BCUT2D eigenvalue weighted by atomic mass is 35.5. The van der Waals surface area contributed by atoms with Crippen molar-refractivity contribution in [1.29, 1.82) is 0 Å². The van der Waals surface area contributed by atoms with Crippen molar-refractivity contribution in [3.8, 4) is 0 Å². The summed E-state index contributed by atoms with van der Waals surface area (Å²) in [6.07, 6.45) is -0.172. The molecule has 0 amide bonds. The van der Waals surface area contributed by atoms with Gasteiger partial charge in [-0.25, -0.2) is 0 Å². The van der Waals surface area contributed by atoms with E-state index in [9.17, 15) is 10.1 Å². The van der Waals surface area contributed by atoms with Crippen LogP contribution in [0.25, 0.3) is 0 Å². The summed E-state index contributed by atoms with van der Waals surface area (Å²) in [6.45, 7) is 0. The van der Waals surface area contributed by atoms with Gasteiger partial charge in [0.05, 0.1) is 11.0 Å². The molecule has 0 spiro atoms. The zero-order valence-corrected chi connectivity index (χ0v) is 14.5. The van der Waals surface area contributed by atoms with Crippen molar-refractivity contribution in [3.63, 3.8) is 0 Å². The summed E-state index contributed by atoms with van der Waals surface area (Å²) in [7, 11) is 0. The number of fused-ring (bicyclic) bond motifs is 1. The Morgan fingerprint density at radius 1 is 0.923 bits per heavy atom. The molecule has 1 heterocycles. The molecule has 3 aromatic carbocycles. The van der Waals surface area contributed by atoms with Crippen LogP contribution >= 0.6 is 11.6 Å². The van der Waals surface area contributed by atoms with Crippen LogP contribution in [0.3, 0.4) is 0 Å². The monoisotopic (exact) mass is 365 g/mol. The predicted octanol–water partition coefficient (Wildman–Crippen LogP) is 5.05. The van der Waals surface area contributed by atoms with Crippen LogP contribution in [0.15, 0.2) is 72.8 Å². The molecule has 0 saturated carbocycles. The van der Waals surface area contributed by atoms with Crippen molar-refractivity contribution in [2.75, 3.05) is 5.32 Å². The van der Waals surface area contributed by atoms with Gasteiger partial charge in [0.2, 0.25) is 0 Å². The Labute approximate surface area is 155 Å². The third kappa shape index (κ3) is 3.14. The first-order valence-corrected chi connectivity index (χ1v) is 8.61. The first-order chi connectivity index (χ1) is 12.6. The second-order valence-electron chi connectivity index (χ2n) is 6.17. The van der Waals surface area contributed by atoms with Crippen molar-refractivity contribution < 1.29 is 4.92 Å². The number of nitro benzene ring substituents is 1. The molecule has 2 atom stereocenters. The summed E-state index contributed by atoms with van der Waals surface area (Å²) in [4.78, 5) is 10.5. The van der Waals surface area contributed by atoms with Crippen LogP contribution in [0.4, 0.5) is 11.4 Å². The molecule has 26 heavy (non-hydrogen) atoms. The fourth-order valence-corrected chi connectivity index (χ4v) is 3.43. The molecule has 0 radical (unpaired) electrons. The lowest BCUT2D eigenvalue weighted by atomic mass is 9.93. The maximum Gasteiger partial charge on any atom is 0.269 e. The average Bonchev–Trinajstić information content (AvgIpc) is 2.68. The number of anilines is 1. The maximum absolute atomic E-state index is 10.9. The Kier molecular flexibility index (Phi) is 4.32. The molecular weight excluding hydrogens is 350 g/mol. The Balaban J connectivity index is 1.73. The predicted molar refractivity (Wildman–Crippen MR) is 102 cm³/mol. The summed E-state index contributed by atoms with van der Waals surface area (Å²) in [5.74, 6) is 0. The molecule has 0 fully saturated rings. The third-order valence-electron chi connectivity index (χ3n) is 4.53. The Morgan fingerprint density at radius 2 is 1.65 bits per heavy atom. The van der Waals surface area contributed by atoms with Crippen LogP contribution < -0.4 is 10.6 Å². The maximum atomic E-state index is 10.9. The normalized spacial score (nSPS) is 18.7. The van der Waals surface area contributed by atoms with Crippen molar-refractivity contribution in [3.05, 3.63) is 105 Å². The Bertz CT molecular complexity index is 945. The molecular formula is C20H16ClN3O2. The van der Waals surface area contributed by atoms with Crippen molar-refractivity contribution in [2.45, 2.75) is 12.2 Å². The minimum atomic E-state index is -0.393. The number of hydrogen-bond acceptors (Lipinski definition) is 4. The highest BCUT2D eigenvalue weighted by Crippen LogP contribution is 2.38. The largest absolute Gasteiger partial charge is 0.366 e. The lowest BCUT2D eigenvalue weighted by Crippen LogP contribution is -2.37. The van der Waals surface area contributed by atoms with Crippen molar-refractivity contribution in [1.82, 2.24) is 5.32 Å². The quantitative estimate of drug-likeness (QED) is 0.503. The number of hydrogen-bond donors (Lipinski definition) is 2. The van der Waals surface area contributed by atoms with Gasteiger partial charge in [0.25, 0.3) is 5.69 Å². The van der Waals surface area contributed by atoms with E-state index in [2.05, 4.69) is 22.8 Å². The van der Waals surface area contributed by atoms with Gasteiger partial charge < -0.3 is 5.32 Å². The van der Waals surface area contributed by atoms with Crippen LogP contribution in [0.2, 0.25) is 5.02 Å². The fraction of sp³-hybridized carbons (Fsp3) is 0.100. The topological polar surface area (TPSA) is 67.2 Å². The number of nitro groups is 1. The first-order valence-electron chi connectivity index (χ1n) is 8.23. The van der Waals surface area contributed by atoms with E-state index >= 15 is 0 Å². The van der Waals surface area contributed by atoms with Gasteiger partial charge in [-0.1, -0.05) is 41.9 Å². The average molecular weight is 366 g/mol. The van der Waals surface area contributed by atoms with E-state index < -0.39 is 4.92 Å². The molecule has 130 valence electrons. The van der Waals surface area contributed by atoms with E-state index in [0.717, 1.165) is 22.4 Å². The number of halogens is 1. The van der Waals surface area contributed by atoms with Crippen molar-refractivity contribution >= 4 is 23.0 Å². The molecule has 1 aliphatic heterocycles. The smallest absolute Gasteiger partial charge is 0.269 e. The summed E-state index contributed by atoms with van der Waals surface area (Å²) in [5.41, 5.74) is 4.20. The lowest BCUT2D eigenvalue weighted by Gasteiger charge is -2.35. The Hall–Kier alpha value is -2.89. The molecule has 2 N–H and O–H groups in total. The molecule has 4 rings (SSSR count).